The highest BCUT2D eigenvalue weighted by atomic mass is 19.4. The third-order valence-electron chi connectivity index (χ3n) is 5.52. The number of ether oxygens (including phenoxy) is 2. The van der Waals surface area contributed by atoms with Crippen molar-refractivity contribution in [3.63, 3.8) is 0 Å². The van der Waals surface area contributed by atoms with Crippen molar-refractivity contribution in [1.82, 2.24) is 0 Å². The molecule has 1 aliphatic rings. The van der Waals surface area contributed by atoms with Crippen molar-refractivity contribution in [2.24, 2.45) is 0 Å². The van der Waals surface area contributed by atoms with Crippen LogP contribution in [0.15, 0.2) is 48.0 Å². The molecule has 1 aliphatic heterocycles. The van der Waals surface area contributed by atoms with Gasteiger partial charge in [0.25, 0.3) is 0 Å². The topological polar surface area (TPSA) is 35.5 Å². The average Bonchev–Trinajstić information content (AvgIpc) is 2.76. The van der Waals surface area contributed by atoms with Gasteiger partial charge in [-0.1, -0.05) is 56.5 Å². The summed E-state index contributed by atoms with van der Waals surface area (Å²) >= 11 is 0. The number of halogens is 3. The summed E-state index contributed by atoms with van der Waals surface area (Å²) in [5.41, 5.74) is 3.06. The lowest BCUT2D eigenvalue weighted by atomic mass is 9.91. The standard InChI is InChI=1S/C26H29F3O3/c1-3-5-6-10-13-19-15-21-16-22(25(30)31-4-2)24(26(27,28)29)32-23(21)17-20(19)14-18-11-8-7-9-12-18/h7-9,11-12,15-17,24H,3-6,10,13-14H2,1-2H3. The second-order valence-electron chi connectivity index (χ2n) is 7.99. The van der Waals surface area contributed by atoms with Crippen LogP contribution < -0.4 is 4.74 Å². The quantitative estimate of drug-likeness (QED) is 0.319. The SMILES string of the molecule is CCCCCCc1cc2c(cc1Cc1ccccc1)OC(C(F)(F)F)C(C(=O)OCC)=C2. The fourth-order valence-corrected chi connectivity index (χ4v) is 3.91. The van der Waals surface area contributed by atoms with Crippen molar-refractivity contribution in [3.8, 4) is 5.75 Å². The van der Waals surface area contributed by atoms with E-state index < -0.39 is 23.8 Å². The lowest BCUT2D eigenvalue weighted by Crippen LogP contribution is -2.40. The van der Waals surface area contributed by atoms with E-state index in [-0.39, 0.29) is 12.4 Å². The molecule has 1 heterocycles. The fourth-order valence-electron chi connectivity index (χ4n) is 3.91. The minimum atomic E-state index is -4.73. The first-order valence-corrected chi connectivity index (χ1v) is 11.1. The van der Waals surface area contributed by atoms with Crippen LogP contribution in [-0.4, -0.2) is 24.9 Å². The van der Waals surface area contributed by atoms with Crippen molar-refractivity contribution in [2.45, 2.75) is 64.7 Å². The minimum absolute atomic E-state index is 0.00764. The summed E-state index contributed by atoms with van der Waals surface area (Å²) in [6.07, 6.45) is -0.0160. The van der Waals surface area contributed by atoms with Gasteiger partial charge in [-0.05, 0) is 61.1 Å². The predicted octanol–water partition coefficient (Wildman–Crippen LogP) is 6.67. The van der Waals surface area contributed by atoms with E-state index in [4.69, 9.17) is 9.47 Å². The second-order valence-corrected chi connectivity index (χ2v) is 7.99. The molecule has 2 aromatic carbocycles. The van der Waals surface area contributed by atoms with Gasteiger partial charge in [-0.15, -0.1) is 0 Å². The Morgan fingerprint density at radius 3 is 2.44 bits per heavy atom. The van der Waals surface area contributed by atoms with Crippen molar-refractivity contribution < 1.29 is 27.4 Å². The Morgan fingerprint density at radius 2 is 1.78 bits per heavy atom. The Kier molecular flexibility index (Phi) is 7.99. The van der Waals surface area contributed by atoms with Crippen LogP contribution in [0.5, 0.6) is 5.75 Å². The maximum atomic E-state index is 13.7. The van der Waals surface area contributed by atoms with Gasteiger partial charge in [0, 0.05) is 5.56 Å². The average molecular weight is 447 g/mol. The molecule has 6 heteroatoms. The monoisotopic (exact) mass is 446 g/mol. The lowest BCUT2D eigenvalue weighted by Gasteiger charge is -2.29. The molecule has 0 fully saturated rings. The molecule has 0 saturated heterocycles. The van der Waals surface area contributed by atoms with Crippen molar-refractivity contribution in [3.05, 3.63) is 70.3 Å². The molecular formula is C26H29F3O3. The fraction of sp³-hybridized carbons (Fsp3) is 0.423. The third kappa shape index (κ3) is 5.93. The number of hydrogen-bond acceptors (Lipinski definition) is 3. The summed E-state index contributed by atoms with van der Waals surface area (Å²) in [5.74, 6) is -0.859. The molecule has 0 spiro atoms. The summed E-state index contributed by atoms with van der Waals surface area (Å²) in [6.45, 7) is 3.70. The normalized spacial score (nSPS) is 15.5. The second kappa shape index (κ2) is 10.7. The van der Waals surface area contributed by atoms with Crippen molar-refractivity contribution in [2.75, 3.05) is 6.61 Å². The summed E-state index contributed by atoms with van der Waals surface area (Å²) in [7, 11) is 0. The Bertz CT molecular complexity index is 949. The van der Waals surface area contributed by atoms with Gasteiger partial charge in [0.15, 0.2) is 0 Å². The third-order valence-corrected chi connectivity index (χ3v) is 5.52. The molecule has 172 valence electrons. The molecule has 32 heavy (non-hydrogen) atoms. The minimum Gasteiger partial charge on any atom is -0.475 e. The first kappa shape index (κ1) is 23.9. The molecule has 3 rings (SSSR count). The van der Waals surface area contributed by atoms with E-state index >= 15 is 0 Å². The number of carbonyl (C=O) groups is 1. The van der Waals surface area contributed by atoms with Gasteiger partial charge in [-0.25, -0.2) is 4.79 Å². The van der Waals surface area contributed by atoms with E-state index in [1.807, 2.05) is 36.4 Å². The molecule has 0 bridgehead atoms. The molecule has 0 radical (unpaired) electrons. The number of esters is 1. The van der Waals surface area contributed by atoms with Gasteiger partial charge in [-0.3, -0.25) is 0 Å². The van der Waals surface area contributed by atoms with E-state index in [9.17, 15) is 18.0 Å². The number of hydrogen-bond donors (Lipinski definition) is 0. The van der Waals surface area contributed by atoms with Gasteiger partial charge in [-0.2, -0.15) is 13.2 Å². The molecule has 0 N–H and O–H groups in total. The molecule has 1 unspecified atom stereocenters. The summed E-state index contributed by atoms with van der Waals surface area (Å²) in [6, 6.07) is 13.4. The van der Waals surface area contributed by atoms with Crippen LogP contribution in [0.2, 0.25) is 0 Å². The Hall–Kier alpha value is -2.76. The smallest absolute Gasteiger partial charge is 0.430 e. The van der Waals surface area contributed by atoms with Crippen LogP contribution in [0.25, 0.3) is 6.08 Å². The Labute approximate surface area is 187 Å². The zero-order chi connectivity index (χ0) is 23.1. The highest BCUT2D eigenvalue weighted by Crippen LogP contribution is 2.39. The van der Waals surface area contributed by atoms with Crippen LogP contribution in [0.3, 0.4) is 0 Å². The molecule has 0 aromatic heterocycles. The Morgan fingerprint density at radius 1 is 1.03 bits per heavy atom. The zero-order valence-corrected chi connectivity index (χ0v) is 18.5. The molecule has 0 aliphatic carbocycles. The highest BCUT2D eigenvalue weighted by Gasteiger charge is 2.48. The highest BCUT2D eigenvalue weighted by molar-refractivity contribution is 5.96. The van der Waals surface area contributed by atoms with Crippen molar-refractivity contribution in [1.29, 1.82) is 0 Å². The van der Waals surface area contributed by atoms with E-state index in [0.717, 1.165) is 48.8 Å². The summed E-state index contributed by atoms with van der Waals surface area (Å²) in [5, 5.41) is 0. The number of carbonyl (C=O) groups excluding carboxylic acids is 1. The number of benzene rings is 2. The number of alkyl halides is 3. The van der Waals surface area contributed by atoms with Crippen LogP contribution in [-0.2, 0) is 22.4 Å². The van der Waals surface area contributed by atoms with Gasteiger partial charge < -0.3 is 9.47 Å². The van der Waals surface area contributed by atoms with E-state index in [0.29, 0.717) is 12.0 Å². The van der Waals surface area contributed by atoms with Gasteiger partial charge in [0.05, 0.1) is 12.2 Å². The molecule has 1 atom stereocenters. The first-order valence-electron chi connectivity index (χ1n) is 11.1. The van der Waals surface area contributed by atoms with Crippen LogP contribution in [0, 0.1) is 0 Å². The summed E-state index contributed by atoms with van der Waals surface area (Å²) < 4.78 is 51.3. The van der Waals surface area contributed by atoms with E-state index in [2.05, 4.69) is 6.92 Å². The molecule has 0 amide bonds. The largest absolute Gasteiger partial charge is 0.475 e. The van der Waals surface area contributed by atoms with Gasteiger partial charge in [0.1, 0.15) is 5.75 Å². The lowest BCUT2D eigenvalue weighted by molar-refractivity contribution is -0.187. The molecule has 0 saturated carbocycles. The number of unbranched alkanes of at least 4 members (excludes halogenated alkanes) is 3. The predicted molar refractivity (Wildman–Crippen MR) is 119 cm³/mol. The number of aryl methyl sites for hydroxylation is 1. The Balaban J connectivity index is 2.01. The van der Waals surface area contributed by atoms with Crippen molar-refractivity contribution >= 4 is 12.0 Å². The molecule has 2 aromatic rings. The zero-order valence-electron chi connectivity index (χ0n) is 18.5. The maximum absolute atomic E-state index is 13.7. The van der Waals surface area contributed by atoms with Crippen LogP contribution >= 0.6 is 0 Å². The maximum Gasteiger partial charge on any atom is 0.430 e. The van der Waals surface area contributed by atoms with Gasteiger partial charge >= 0.3 is 12.1 Å². The van der Waals surface area contributed by atoms with E-state index in [1.54, 1.807) is 13.0 Å². The molecule has 3 nitrogen and oxygen atoms in total. The van der Waals surface area contributed by atoms with Crippen LogP contribution in [0.1, 0.15) is 61.8 Å². The van der Waals surface area contributed by atoms with Gasteiger partial charge in [0.2, 0.25) is 6.10 Å². The van der Waals surface area contributed by atoms with Crippen LogP contribution in [0.4, 0.5) is 13.2 Å². The number of fused-ring (bicyclic) bond motifs is 1. The van der Waals surface area contributed by atoms with E-state index in [1.165, 1.54) is 6.08 Å². The summed E-state index contributed by atoms with van der Waals surface area (Å²) in [4.78, 5) is 12.2. The first-order chi connectivity index (χ1) is 15.3. The molecular weight excluding hydrogens is 417 g/mol. The number of rotatable bonds is 9.